The monoisotopic (exact) mass is 261 g/mol. The molecule has 1 atom stereocenters. The van der Waals surface area contributed by atoms with Crippen molar-refractivity contribution in [2.75, 3.05) is 25.2 Å². The quantitative estimate of drug-likeness (QED) is 0.485. The smallest absolute Gasteiger partial charge is 0.325 e. The minimum Gasteiger partial charge on any atom is -0.468 e. The van der Waals surface area contributed by atoms with Crippen LogP contribution >= 0.6 is 11.8 Å². The molecule has 0 aromatic heterocycles. The van der Waals surface area contributed by atoms with Crippen LogP contribution in [0.5, 0.6) is 0 Å². The Morgan fingerprint density at radius 1 is 1.29 bits per heavy atom. The van der Waals surface area contributed by atoms with E-state index in [0.29, 0.717) is 0 Å². The summed E-state index contributed by atoms with van der Waals surface area (Å²) in [7, 11) is 1.45. The Balaban J connectivity index is 3.88. The third-order valence-corrected chi connectivity index (χ3v) is 3.91. The Bertz CT molecular complexity index is 212. The lowest BCUT2D eigenvalue weighted by molar-refractivity contribution is -0.147. The Kier molecular flexibility index (Phi) is 9.65. The van der Waals surface area contributed by atoms with Crippen LogP contribution in [0, 0.1) is 0 Å². The van der Waals surface area contributed by atoms with E-state index in [9.17, 15) is 4.79 Å². The van der Waals surface area contributed by atoms with E-state index in [0.717, 1.165) is 18.7 Å². The molecule has 102 valence electrons. The van der Waals surface area contributed by atoms with Crippen molar-refractivity contribution in [1.82, 2.24) is 5.32 Å². The second-order valence-corrected chi connectivity index (χ2v) is 5.65. The molecule has 0 aliphatic rings. The first-order chi connectivity index (χ1) is 8.10. The summed E-state index contributed by atoms with van der Waals surface area (Å²) in [4.78, 5) is 11.7. The van der Waals surface area contributed by atoms with Gasteiger partial charge in [0.2, 0.25) is 0 Å². The lowest BCUT2D eigenvalue weighted by atomic mass is 9.99. The van der Waals surface area contributed by atoms with Crippen LogP contribution in [-0.2, 0) is 9.53 Å². The van der Waals surface area contributed by atoms with Crippen LogP contribution in [0.25, 0.3) is 0 Å². The number of nitrogens with one attached hydrogen (secondary N) is 1. The predicted octanol–water partition coefficient (Wildman–Crippen LogP) is 2.84. The van der Waals surface area contributed by atoms with Crippen molar-refractivity contribution >= 4 is 17.7 Å². The van der Waals surface area contributed by atoms with E-state index < -0.39 is 5.54 Å². The van der Waals surface area contributed by atoms with Gasteiger partial charge in [-0.05, 0) is 37.8 Å². The summed E-state index contributed by atoms with van der Waals surface area (Å²) in [6.45, 7) is 6.93. The van der Waals surface area contributed by atoms with Crippen molar-refractivity contribution in [2.45, 2.75) is 52.0 Å². The number of unbranched alkanes of at least 4 members (excludes halogenated alkanes) is 2. The van der Waals surface area contributed by atoms with Gasteiger partial charge >= 0.3 is 5.97 Å². The number of esters is 1. The highest BCUT2D eigenvalue weighted by molar-refractivity contribution is 7.99. The highest BCUT2D eigenvalue weighted by Gasteiger charge is 2.32. The SMILES string of the molecule is CCCCCSCCC(C)(NCC)C(=O)OC. The second kappa shape index (κ2) is 9.77. The van der Waals surface area contributed by atoms with E-state index in [2.05, 4.69) is 12.2 Å². The molecule has 0 saturated carbocycles. The first-order valence-corrected chi connectivity index (χ1v) is 7.67. The Labute approximate surface area is 110 Å². The molecule has 0 heterocycles. The molecule has 0 aromatic carbocycles. The summed E-state index contributed by atoms with van der Waals surface area (Å²) < 4.78 is 4.85. The molecule has 0 fully saturated rings. The number of carbonyl (C=O) groups excluding carboxylic acids is 1. The third kappa shape index (κ3) is 6.94. The van der Waals surface area contributed by atoms with Crippen LogP contribution in [0.3, 0.4) is 0 Å². The van der Waals surface area contributed by atoms with Gasteiger partial charge < -0.3 is 10.1 Å². The maximum Gasteiger partial charge on any atom is 0.325 e. The van der Waals surface area contributed by atoms with Crippen molar-refractivity contribution < 1.29 is 9.53 Å². The molecule has 1 N–H and O–H groups in total. The summed E-state index contributed by atoms with van der Waals surface area (Å²) >= 11 is 1.93. The number of ether oxygens (including phenoxy) is 1. The van der Waals surface area contributed by atoms with Gasteiger partial charge in [-0.2, -0.15) is 11.8 Å². The molecule has 0 radical (unpaired) electrons. The van der Waals surface area contributed by atoms with E-state index in [1.807, 2.05) is 25.6 Å². The van der Waals surface area contributed by atoms with Gasteiger partial charge in [0.1, 0.15) is 5.54 Å². The molecule has 0 aliphatic carbocycles. The lowest BCUT2D eigenvalue weighted by Gasteiger charge is -2.27. The lowest BCUT2D eigenvalue weighted by Crippen LogP contribution is -2.50. The first kappa shape index (κ1) is 16.8. The van der Waals surface area contributed by atoms with Crippen LogP contribution < -0.4 is 5.32 Å². The zero-order valence-corrected chi connectivity index (χ0v) is 12.5. The fourth-order valence-electron chi connectivity index (χ4n) is 1.71. The topological polar surface area (TPSA) is 38.3 Å². The summed E-state index contributed by atoms with van der Waals surface area (Å²) in [5, 5.41) is 3.22. The van der Waals surface area contributed by atoms with Gasteiger partial charge in [0, 0.05) is 0 Å². The van der Waals surface area contributed by atoms with Gasteiger partial charge in [0.25, 0.3) is 0 Å². The van der Waals surface area contributed by atoms with Crippen molar-refractivity contribution in [3.8, 4) is 0 Å². The Morgan fingerprint density at radius 2 is 2.00 bits per heavy atom. The van der Waals surface area contributed by atoms with E-state index in [4.69, 9.17) is 4.74 Å². The van der Waals surface area contributed by atoms with Gasteiger partial charge in [-0.1, -0.05) is 26.7 Å². The largest absolute Gasteiger partial charge is 0.468 e. The molecule has 0 rings (SSSR count). The highest BCUT2D eigenvalue weighted by atomic mass is 32.2. The first-order valence-electron chi connectivity index (χ1n) is 6.52. The molecule has 0 spiro atoms. The molecule has 0 amide bonds. The molecular formula is C13H27NO2S. The fourth-order valence-corrected chi connectivity index (χ4v) is 2.88. The Morgan fingerprint density at radius 3 is 2.53 bits per heavy atom. The van der Waals surface area contributed by atoms with E-state index in [-0.39, 0.29) is 5.97 Å². The number of likely N-dealkylation sites (N-methyl/N-ethyl adjacent to an activating group) is 1. The highest BCUT2D eigenvalue weighted by Crippen LogP contribution is 2.17. The zero-order chi connectivity index (χ0) is 13.1. The maximum absolute atomic E-state index is 11.7. The summed E-state index contributed by atoms with van der Waals surface area (Å²) in [6.07, 6.45) is 4.66. The van der Waals surface area contributed by atoms with E-state index >= 15 is 0 Å². The number of rotatable bonds is 10. The zero-order valence-electron chi connectivity index (χ0n) is 11.7. The Hall–Kier alpha value is -0.220. The number of hydrogen-bond acceptors (Lipinski definition) is 4. The molecule has 1 unspecified atom stereocenters. The number of methoxy groups -OCH3 is 1. The third-order valence-electron chi connectivity index (χ3n) is 2.84. The maximum atomic E-state index is 11.7. The molecule has 17 heavy (non-hydrogen) atoms. The summed E-state index contributed by atoms with van der Waals surface area (Å²) in [5.74, 6) is 2.04. The number of thioether (sulfide) groups is 1. The number of carbonyl (C=O) groups is 1. The van der Waals surface area contributed by atoms with Crippen molar-refractivity contribution in [1.29, 1.82) is 0 Å². The van der Waals surface area contributed by atoms with Crippen molar-refractivity contribution in [3.05, 3.63) is 0 Å². The molecule has 3 nitrogen and oxygen atoms in total. The molecule has 0 bridgehead atoms. The van der Waals surface area contributed by atoms with E-state index in [1.165, 1.54) is 32.1 Å². The standard InChI is InChI=1S/C13H27NO2S/c1-5-7-8-10-17-11-9-13(3,14-6-2)12(15)16-4/h14H,5-11H2,1-4H3. The van der Waals surface area contributed by atoms with Gasteiger partial charge in [-0.25, -0.2) is 0 Å². The molecule has 4 heteroatoms. The van der Waals surface area contributed by atoms with Crippen molar-refractivity contribution in [2.24, 2.45) is 0 Å². The minimum absolute atomic E-state index is 0.159. The average molecular weight is 261 g/mol. The normalized spacial score (nSPS) is 14.4. The van der Waals surface area contributed by atoms with Crippen LogP contribution in [0.4, 0.5) is 0 Å². The molecule has 0 saturated heterocycles. The number of hydrogen-bond donors (Lipinski definition) is 1. The molecule has 0 aliphatic heterocycles. The van der Waals surface area contributed by atoms with Gasteiger partial charge in [0.05, 0.1) is 7.11 Å². The molecule has 0 aromatic rings. The fraction of sp³-hybridized carbons (Fsp3) is 0.923. The van der Waals surface area contributed by atoms with Crippen LogP contribution in [0.2, 0.25) is 0 Å². The van der Waals surface area contributed by atoms with Gasteiger partial charge in [-0.3, -0.25) is 4.79 Å². The van der Waals surface area contributed by atoms with Crippen molar-refractivity contribution in [3.63, 3.8) is 0 Å². The van der Waals surface area contributed by atoms with Crippen LogP contribution in [-0.4, -0.2) is 36.7 Å². The van der Waals surface area contributed by atoms with Crippen LogP contribution in [0.15, 0.2) is 0 Å². The molecular weight excluding hydrogens is 234 g/mol. The predicted molar refractivity (Wildman–Crippen MR) is 75.6 cm³/mol. The van der Waals surface area contributed by atoms with Gasteiger partial charge in [0.15, 0.2) is 0 Å². The van der Waals surface area contributed by atoms with Gasteiger partial charge in [-0.15, -0.1) is 0 Å². The second-order valence-electron chi connectivity index (χ2n) is 4.42. The van der Waals surface area contributed by atoms with E-state index in [1.54, 1.807) is 0 Å². The summed E-state index contributed by atoms with van der Waals surface area (Å²) in [5.41, 5.74) is -0.527. The summed E-state index contributed by atoms with van der Waals surface area (Å²) in [6, 6.07) is 0. The van der Waals surface area contributed by atoms with Crippen LogP contribution in [0.1, 0.15) is 46.5 Å². The minimum atomic E-state index is -0.527. The average Bonchev–Trinajstić information content (AvgIpc) is 2.33.